The van der Waals surface area contributed by atoms with E-state index in [0.717, 1.165) is 18.5 Å². The number of hydrogen-bond acceptors (Lipinski definition) is 2. The number of benzene rings is 2. The summed E-state index contributed by atoms with van der Waals surface area (Å²) in [5.41, 5.74) is 4.95. The normalized spacial score (nSPS) is 15.8. The maximum atomic E-state index is 12.1. The highest BCUT2D eigenvalue weighted by atomic mass is 16.1. The molecular weight excluding hydrogens is 320 g/mol. The van der Waals surface area contributed by atoms with Crippen molar-refractivity contribution >= 4 is 5.91 Å². The molecule has 3 rings (SSSR count). The van der Waals surface area contributed by atoms with Crippen LogP contribution in [0.25, 0.3) is 11.1 Å². The number of rotatable bonds is 7. The van der Waals surface area contributed by atoms with E-state index in [0.29, 0.717) is 6.54 Å². The maximum Gasteiger partial charge on any atom is 0.223 e. The summed E-state index contributed by atoms with van der Waals surface area (Å²) in [5.74, 6) is 0.190. The molecule has 0 aromatic heterocycles. The lowest BCUT2D eigenvalue weighted by Gasteiger charge is -2.16. The molecule has 0 spiro atoms. The molecule has 0 unspecified atom stereocenters. The number of carbonyl (C=O) groups excluding carboxylic acids is 1. The average Bonchev–Trinajstić information content (AvgIpc) is 3.19. The van der Waals surface area contributed by atoms with E-state index in [1.165, 1.54) is 42.6 Å². The van der Waals surface area contributed by atoms with Crippen molar-refractivity contribution < 1.29 is 4.79 Å². The lowest BCUT2D eigenvalue weighted by Crippen LogP contribution is -2.28. The Bertz CT molecular complexity index is 717. The zero-order chi connectivity index (χ0) is 18.4. The van der Waals surface area contributed by atoms with Gasteiger partial charge >= 0.3 is 0 Å². The van der Waals surface area contributed by atoms with Crippen LogP contribution in [0.2, 0.25) is 0 Å². The quantitative estimate of drug-likeness (QED) is 0.791. The molecule has 2 aromatic carbocycles. The molecule has 0 aliphatic carbocycles. The standard InChI is InChI=1S/C23H30N2O/c1-3-18(2)23(26)24-16-21-8-4-5-9-22(21)20-12-10-19(11-13-20)17-25-14-6-7-15-25/h4-5,8-13,18H,3,6-7,14-17H2,1-2H3,(H,24,26)/t18-/m0/s1. The van der Waals surface area contributed by atoms with Crippen LogP contribution in [0.4, 0.5) is 0 Å². The van der Waals surface area contributed by atoms with Gasteiger partial charge in [-0.15, -0.1) is 0 Å². The Morgan fingerprint density at radius 2 is 1.77 bits per heavy atom. The fourth-order valence-corrected chi connectivity index (χ4v) is 3.49. The first-order chi connectivity index (χ1) is 12.7. The van der Waals surface area contributed by atoms with Gasteiger partial charge in [0.25, 0.3) is 0 Å². The van der Waals surface area contributed by atoms with E-state index in [1.54, 1.807) is 0 Å². The van der Waals surface area contributed by atoms with Crippen LogP contribution < -0.4 is 5.32 Å². The minimum absolute atomic E-state index is 0.0621. The first-order valence-corrected chi connectivity index (χ1v) is 9.84. The summed E-state index contributed by atoms with van der Waals surface area (Å²) in [7, 11) is 0. The van der Waals surface area contributed by atoms with Crippen LogP contribution in [0.15, 0.2) is 48.5 Å². The summed E-state index contributed by atoms with van der Waals surface area (Å²) in [6.45, 7) is 8.09. The molecule has 138 valence electrons. The molecule has 2 aromatic rings. The first kappa shape index (κ1) is 18.7. The SMILES string of the molecule is CC[C@H](C)C(=O)NCc1ccccc1-c1ccc(CN2CCCC2)cc1. The van der Waals surface area contributed by atoms with Crippen LogP contribution in [0.5, 0.6) is 0 Å². The van der Waals surface area contributed by atoms with Gasteiger partial charge < -0.3 is 5.32 Å². The van der Waals surface area contributed by atoms with Crippen LogP contribution in [-0.4, -0.2) is 23.9 Å². The third-order valence-electron chi connectivity index (χ3n) is 5.40. The molecule has 1 atom stereocenters. The van der Waals surface area contributed by atoms with Gasteiger partial charge in [-0.1, -0.05) is 62.4 Å². The number of nitrogens with one attached hydrogen (secondary N) is 1. The number of likely N-dealkylation sites (tertiary alicyclic amines) is 1. The Balaban J connectivity index is 1.69. The molecule has 26 heavy (non-hydrogen) atoms. The summed E-state index contributed by atoms with van der Waals surface area (Å²) < 4.78 is 0. The van der Waals surface area contributed by atoms with E-state index in [9.17, 15) is 4.79 Å². The third-order valence-corrected chi connectivity index (χ3v) is 5.40. The Morgan fingerprint density at radius 3 is 2.46 bits per heavy atom. The average molecular weight is 351 g/mol. The Kier molecular flexibility index (Phi) is 6.45. The molecule has 3 heteroatoms. The summed E-state index contributed by atoms with van der Waals surface area (Å²) in [6.07, 6.45) is 3.52. The van der Waals surface area contributed by atoms with Gasteiger partial charge in [-0.25, -0.2) is 0 Å². The topological polar surface area (TPSA) is 32.3 Å². The van der Waals surface area contributed by atoms with Gasteiger partial charge in [0.15, 0.2) is 0 Å². The highest BCUT2D eigenvalue weighted by molar-refractivity contribution is 5.78. The monoisotopic (exact) mass is 350 g/mol. The number of hydrogen-bond donors (Lipinski definition) is 1. The van der Waals surface area contributed by atoms with Crippen molar-refractivity contribution in [3.05, 3.63) is 59.7 Å². The largest absolute Gasteiger partial charge is 0.352 e. The predicted molar refractivity (Wildman–Crippen MR) is 108 cm³/mol. The minimum Gasteiger partial charge on any atom is -0.352 e. The molecule has 1 heterocycles. The third kappa shape index (κ3) is 4.73. The molecule has 0 bridgehead atoms. The van der Waals surface area contributed by atoms with Crippen LogP contribution >= 0.6 is 0 Å². The molecule has 1 amide bonds. The highest BCUT2D eigenvalue weighted by Gasteiger charge is 2.13. The second-order valence-electron chi connectivity index (χ2n) is 7.36. The van der Waals surface area contributed by atoms with Crippen molar-refractivity contribution in [2.24, 2.45) is 5.92 Å². The highest BCUT2D eigenvalue weighted by Crippen LogP contribution is 2.25. The molecule has 0 saturated carbocycles. The Labute approximate surface area is 157 Å². The molecular formula is C23H30N2O. The van der Waals surface area contributed by atoms with E-state index < -0.39 is 0 Å². The molecule has 0 radical (unpaired) electrons. The number of amides is 1. The predicted octanol–water partition coefficient (Wildman–Crippen LogP) is 4.61. The molecule has 1 aliphatic rings. The fourth-order valence-electron chi connectivity index (χ4n) is 3.49. The van der Waals surface area contributed by atoms with Gasteiger partial charge in [-0.2, -0.15) is 0 Å². The van der Waals surface area contributed by atoms with E-state index >= 15 is 0 Å². The van der Waals surface area contributed by atoms with Gasteiger partial charge in [0.2, 0.25) is 5.91 Å². The fraction of sp³-hybridized carbons (Fsp3) is 0.435. The van der Waals surface area contributed by atoms with Crippen LogP contribution in [-0.2, 0) is 17.9 Å². The Morgan fingerprint density at radius 1 is 1.08 bits per heavy atom. The Hall–Kier alpha value is -2.13. The maximum absolute atomic E-state index is 12.1. The van der Waals surface area contributed by atoms with Gasteiger partial charge in [-0.3, -0.25) is 9.69 Å². The summed E-state index contributed by atoms with van der Waals surface area (Å²) >= 11 is 0. The summed E-state index contributed by atoms with van der Waals surface area (Å²) in [4.78, 5) is 14.6. The van der Waals surface area contributed by atoms with Crippen LogP contribution in [0, 0.1) is 5.92 Å². The van der Waals surface area contributed by atoms with Crippen molar-refractivity contribution in [3.8, 4) is 11.1 Å². The molecule has 1 aliphatic heterocycles. The van der Waals surface area contributed by atoms with Gasteiger partial charge in [0.1, 0.15) is 0 Å². The second-order valence-corrected chi connectivity index (χ2v) is 7.36. The van der Waals surface area contributed by atoms with Crippen molar-refractivity contribution in [2.45, 2.75) is 46.2 Å². The molecule has 3 nitrogen and oxygen atoms in total. The van der Waals surface area contributed by atoms with Gasteiger partial charge in [0.05, 0.1) is 0 Å². The second kappa shape index (κ2) is 9.00. The smallest absolute Gasteiger partial charge is 0.223 e. The van der Waals surface area contributed by atoms with Crippen LogP contribution in [0.3, 0.4) is 0 Å². The van der Waals surface area contributed by atoms with Crippen molar-refractivity contribution in [1.29, 1.82) is 0 Å². The van der Waals surface area contributed by atoms with Gasteiger partial charge in [0, 0.05) is 19.0 Å². The number of carbonyl (C=O) groups is 1. The summed E-state index contributed by atoms with van der Waals surface area (Å²) in [5, 5.41) is 3.07. The van der Waals surface area contributed by atoms with E-state index in [2.05, 4.69) is 52.7 Å². The number of nitrogens with zero attached hydrogens (tertiary/aromatic N) is 1. The van der Waals surface area contributed by atoms with E-state index in [-0.39, 0.29) is 11.8 Å². The van der Waals surface area contributed by atoms with Gasteiger partial charge in [-0.05, 0) is 54.6 Å². The van der Waals surface area contributed by atoms with Crippen LogP contribution in [0.1, 0.15) is 44.2 Å². The van der Waals surface area contributed by atoms with Crippen molar-refractivity contribution in [3.63, 3.8) is 0 Å². The lowest BCUT2D eigenvalue weighted by molar-refractivity contribution is -0.124. The molecule has 1 saturated heterocycles. The first-order valence-electron chi connectivity index (χ1n) is 9.84. The zero-order valence-electron chi connectivity index (χ0n) is 16.0. The van der Waals surface area contributed by atoms with Crippen molar-refractivity contribution in [1.82, 2.24) is 10.2 Å². The van der Waals surface area contributed by atoms with Crippen molar-refractivity contribution in [2.75, 3.05) is 13.1 Å². The lowest BCUT2D eigenvalue weighted by atomic mass is 9.98. The minimum atomic E-state index is 0.0621. The molecule has 1 fully saturated rings. The van der Waals surface area contributed by atoms with E-state index in [4.69, 9.17) is 0 Å². The van der Waals surface area contributed by atoms with E-state index in [1.807, 2.05) is 19.9 Å². The zero-order valence-corrected chi connectivity index (χ0v) is 16.0. The summed E-state index contributed by atoms with van der Waals surface area (Å²) in [6, 6.07) is 17.2. The molecule has 1 N–H and O–H groups in total.